The number of rotatable bonds is 2. The molecule has 2 heteroatoms. The Labute approximate surface area is 78.6 Å². The summed E-state index contributed by atoms with van der Waals surface area (Å²) in [5.74, 6) is 2.80. The van der Waals surface area contributed by atoms with Gasteiger partial charge in [0.05, 0.1) is 4.91 Å². The van der Waals surface area contributed by atoms with Gasteiger partial charge in [-0.25, -0.2) is 4.79 Å². The lowest BCUT2D eigenvalue weighted by Gasteiger charge is -2.25. The van der Waals surface area contributed by atoms with E-state index in [9.17, 15) is 4.79 Å². The van der Waals surface area contributed by atoms with Gasteiger partial charge in [-0.1, -0.05) is 19.8 Å². The van der Waals surface area contributed by atoms with Gasteiger partial charge in [-0.05, 0) is 25.7 Å². The quantitative estimate of drug-likeness (QED) is 0.614. The van der Waals surface area contributed by atoms with Crippen LogP contribution < -0.4 is 0 Å². The van der Waals surface area contributed by atoms with Crippen molar-refractivity contribution in [2.75, 3.05) is 0 Å². The Morgan fingerprint density at radius 3 is 2.83 bits per heavy atom. The highest BCUT2D eigenvalue weighted by Gasteiger charge is 2.19. The summed E-state index contributed by atoms with van der Waals surface area (Å²) in [6.45, 7) is 4.16. The molecular formula is C10H16OS. The van der Waals surface area contributed by atoms with Gasteiger partial charge in [0.25, 0.3) is 0 Å². The van der Waals surface area contributed by atoms with E-state index in [1.807, 2.05) is 12.9 Å². The third kappa shape index (κ3) is 3.04. The molecule has 0 aromatic rings. The predicted octanol–water partition coefficient (Wildman–Crippen LogP) is 3.03. The predicted molar refractivity (Wildman–Crippen MR) is 53.9 cm³/mol. The van der Waals surface area contributed by atoms with Crippen LogP contribution >= 0.6 is 11.8 Å². The van der Waals surface area contributed by atoms with Crippen LogP contribution in [0.5, 0.6) is 0 Å². The highest BCUT2D eigenvalue weighted by atomic mass is 32.2. The van der Waals surface area contributed by atoms with Crippen LogP contribution in [-0.4, -0.2) is 11.2 Å². The third-order valence-electron chi connectivity index (χ3n) is 2.38. The van der Waals surface area contributed by atoms with Crippen LogP contribution in [0, 0.1) is 5.92 Å². The molecule has 0 bridgehead atoms. The maximum Gasteiger partial charge on any atom is 0.134 e. The van der Waals surface area contributed by atoms with Gasteiger partial charge in [-0.2, -0.15) is 0 Å². The lowest BCUT2D eigenvalue weighted by atomic mass is 9.91. The van der Waals surface area contributed by atoms with Crippen LogP contribution in [-0.2, 0) is 4.79 Å². The zero-order valence-electron chi connectivity index (χ0n) is 7.80. The fraction of sp³-hybridized carbons (Fsp3) is 0.800. The molecule has 0 heterocycles. The van der Waals surface area contributed by atoms with E-state index in [1.165, 1.54) is 25.7 Å². The summed E-state index contributed by atoms with van der Waals surface area (Å²) in [5, 5.41) is 0.676. The van der Waals surface area contributed by atoms with Crippen molar-refractivity contribution in [1.29, 1.82) is 0 Å². The van der Waals surface area contributed by atoms with Gasteiger partial charge >= 0.3 is 0 Å². The van der Waals surface area contributed by atoms with Crippen molar-refractivity contribution in [3.63, 3.8) is 0 Å². The molecule has 1 aliphatic carbocycles. The minimum Gasteiger partial charge on any atom is -0.233 e. The second-order valence-corrected chi connectivity index (χ2v) is 5.18. The van der Waals surface area contributed by atoms with E-state index < -0.39 is 0 Å². The second kappa shape index (κ2) is 4.74. The largest absolute Gasteiger partial charge is 0.233 e. The average Bonchev–Trinajstić information content (AvgIpc) is 2.04. The number of hydrogen-bond donors (Lipinski definition) is 0. The highest BCUT2D eigenvalue weighted by molar-refractivity contribution is 8.03. The standard InChI is InChI=1S/C10H16OS/c1-8-4-3-5-10(6-8)12-9(2)7-11/h8,10H,3-6H2,1-2H3. The van der Waals surface area contributed by atoms with Gasteiger partial charge in [0, 0.05) is 5.25 Å². The summed E-state index contributed by atoms with van der Waals surface area (Å²) in [4.78, 5) is 11.1. The molecule has 68 valence electrons. The molecule has 12 heavy (non-hydrogen) atoms. The fourth-order valence-electron chi connectivity index (χ4n) is 1.76. The molecule has 1 saturated carbocycles. The van der Waals surface area contributed by atoms with Crippen LogP contribution in [0.4, 0.5) is 0 Å². The van der Waals surface area contributed by atoms with Crippen LogP contribution in [0.3, 0.4) is 0 Å². The Bertz CT molecular complexity index is 194. The average molecular weight is 184 g/mol. The molecule has 0 saturated heterocycles. The smallest absolute Gasteiger partial charge is 0.134 e. The minimum atomic E-state index is 0.676. The highest BCUT2D eigenvalue weighted by Crippen LogP contribution is 2.34. The summed E-state index contributed by atoms with van der Waals surface area (Å²) >= 11 is 1.72. The van der Waals surface area contributed by atoms with Gasteiger partial charge in [-0.3, -0.25) is 0 Å². The number of thioether (sulfide) groups is 1. The van der Waals surface area contributed by atoms with Crippen LogP contribution in [0.2, 0.25) is 0 Å². The van der Waals surface area contributed by atoms with Crippen molar-refractivity contribution in [3.8, 4) is 0 Å². The maximum absolute atomic E-state index is 10.3. The first kappa shape index (κ1) is 9.88. The van der Waals surface area contributed by atoms with E-state index in [0.29, 0.717) is 5.25 Å². The Morgan fingerprint density at radius 2 is 2.25 bits per heavy atom. The van der Waals surface area contributed by atoms with E-state index in [4.69, 9.17) is 0 Å². The first-order chi connectivity index (χ1) is 5.72. The topological polar surface area (TPSA) is 17.1 Å². The van der Waals surface area contributed by atoms with E-state index in [2.05, 4.69) is 6.92 Å². The summed E-state index contributed by atoms with van der Waals surface area (Å²) in [6.07, 6.45) is 5.23. The Hall–Kier alpha value is -0.200. The van der Waals surface area contributed by atoms with Crippen LogP contribution in [0.25, 0.3) is 0 Å². The molecule has 0 radical (unpaired) electrons. The van der Waals surface area contributed by atoms with Gasteiger partial charge in [0.15, 0.2) is 0 Å². The zero-order valence-corrected chi connectivity index (χ0v) is 8.62. The molecule has 2 atom stereocenters. The van der Waals surface area contributed by atoms with Crippen molar-refractivity contribution < 1.29 is 4.79 Å². The van der Waals surface area contributed by atoms with Gasteiger partial charge < -0.3 is 0 Å². The van der Waals surface area contributed by atoms with Crippen LogP contribution in [0.15, 0.2) is 4.91 Å². The number of carbonyl (C=O) groups excluding carboxylic acids is 1. The summed E-state index contributed by atoms with van der Waals surface area (Å²) < 4.78 is 0. The fourth-order valence-corrected chi connectivity index (χ4v) is 3.02. The van der Waals surface area contributed by atoms with E-state index in [-0.39, 0.29) is 0 Å². The molecule has 0 aromatic carbocycles. The summed E-state index contributed by atoms with van der Waals surface area (Å²) in [5.41, 5.74) is 0. The molecule has 1 rings (SSSR count). The Morgan fingerprint density at radius 1 is 1.50 bits per heavy atom. The van der Waals surface area contributed by atoms with E-state index >= 15 is 0 Å². The molecular weight excluding hydrogens is 168 g/mol. The van der Waals surface area contributed by atoms with Crippen LogP contribution in [0.1, 0.15) is 39.5 Å². The van der Waals surface area contributed by atoms with Gasteiger partial charge in [0.1, 0.15) is 5.94 Å². The molecule has 0 amide bonds. The Kier molecular flexibility index (Phi) is 3.90. The Balaban J connectivity index is 2.37. The molecule has 1 nitrogen and oxygen atoms in total. The molecule has 0 N–H and O–H groups in total. The van der Waals surface area contributed by atoms with Crippen molar-refractivity contribution >= 4 is 17.7 Å². The van der Waals surface area contributed by atoms with Gasteiger partial charge in [-0.15, -0.1) is 11.8 Å². The molecule has 1 aliphatic rings. The van der Waals surface area contributed by atoms with Crippen molar-refractivity contribution in [2.24, 2.45) is 5.92 Å². The molecule has 0 spiro atoms. The lowest BCUT2D eigenvalue weighted by molar-refractivity contribution is 0.394. The molecule has 1 fully saturated rings. The van der Waals surface area contributed by atoms with Crippen molar-refractivity contribution in [1.82, 2.24) is 0 Å². The molecule has 0 aliphatic heterocycles. The molecule has 0 aromatic heterocycles. The summed E-state index contributed by atoms with van der Waals surface area (Å²) in [7, 11) is 0. The third-order valence-corrected chi connectivity index (χ3v) is 3.57. The maximum atomic E-state index is 10.3. The lowest BCUT2D eigenvalue weighted by Crippen LogP contribution is -2.14. The minimum absolute atomic E-state index is 0.676. The number of hydrogen-bond acceptors (Lipinski definition) is 2. The van der Waals surface area contributed by atoms with Gasteiger partial charge in [0.2, 0.25) is 0 Å². The van der Waals surface area contributed by atoms with Crippen molar-refractivity contribution in [3.05, 3.63) is 4.91 Å². The summed E-state index contributed by atoms with van der Waals surface area (Å²) in [6, 6.07) is 0. The normalized spacial score (nSPS) is 29.5. The monoisotopic (exact) mass is 184 g/mol. The second-order valence-electron chi connectivity index (χ2n) is 3.67. The van der Waals surface area contributed by atoms with E-state index in [0.717, 1.165) is 10.8 Å². The molecule has 2 unspecified atom stereocenters. The first-order valence-corrected chi connectivity index (χ1v) is 5.48. The van der Waals surface area contributed by atoms with Crippen molar-refractivity contribution in [2.45, 2.75) is 44.8 Å². The zero-order chi connectivity index (χ0) is 8.97. The van der Waals surface area contributed by atoms with E-state index in [1.54, 1.807) is 11.8 Å². The SMILES string of the molecule is CC(=C=O)SC1CCCC(C)C1. The number of allylic oxidation sites excluding steroid dienone is 1. The first-order valence-electron chi connectivity index (χ1n) is 4.60.